The molecular weight excluding hydrogens is 424 g/mol. The summed E-state index contributed by atoms with van der Waals surface area (Å²) in [6, 6.07) is 7.95. The third-order valence-electron chi connectivity index (χ3n) is 4.31. The van der Waals surface area contributed by atoms with Crippen molar-refractivity contribution in [2.75, 3.05) is 33.5 Å². The van der Waals surface area contributed by atoms with Crippen LogP contribution in [0.1, 0.15) is 36.7 Å². The number of hydrogen-bond acceptors (Lipinski definition) is 6. The standard InChI is InChI=1S/C23H29F2NO6/c1-5-29-19-13-16(14-20(30-6-2)21(19)31-7-3)22(27)26-11-10-15-8-9-17(28-4)18(12-15)32-23(24)25/h8-9,12-14,23H,5-7,10-11H2,1-4H3,(H,26,27). The van der Waals surface area contributed by atoms with E-state index in [4.69, 9.17) is 18.9 Å². The van der Waals surface area contributed by atoms with Crippen molar-refractivity contribution in [3.05, 3.63) is 41.5 Å². The minimum atomic E-state index is -2.96. The van der Waals surface area contributed by atoms with Crippen molar-refractivity contribution in [3.8, 4) is 28.7 Å². The van der Waals surface area contributed by atoms with Crippen molar-refractivity contribution in [2.45, 2.75) is 33.8 Å². The van der Waals surface area contributed by atoms with E-state index in [0.29, 0.717) is 54.6 Å². The molecule has 2 aromatic carbocycles. The van der Waals surface area contributed by atoms with Gasteiger partial charge in [-0.3, -0.25) is 4.79 Å². The number of ether oxygens (including phenoxy) is 5. The molecule has 0 saturated heterocycles. The summed E-state index contributed by atoms with van der Waals surface area (Å²) in [5, 5.41) is 2.82. The van der Waals surface area contributed by atoms with E-state index in [1.54, 1.807) is 24.3 Å². The number of methoxy groups -OCH3 is 1. The first-order valence-electron chi connectivity index (χ1n) is 10.4. The van der Waals surface area contributed by atoms with Gasteiger partial charge in [0.15, 0.2) is 23.0 Å². The van der Waals surface area contributed by atoms with Gasteiger partial charge < -0.3 is 29.0 Å². The Kier molecular flexibility index (Phi) is 9.84. The van der Waals surface area contributed by atoms with E-state index < -0.39 is 6.61 Å². The number of alkyl halides is 2. The fourth-order valence-electron chi connectivity index (χ4n) is 3.01. The Hall–Kier alpha value is -3.23. The predicted molar refractivity (Wildman–Crippen MR) is 116 cm³/mol. The zero-order valence-electron chi connectivity index (χ0n) is 18.7. The van der Waals surface area contributed by atoms with E-state index in [1.165, 1.54) is 13.2 Å². The van der Waals surface area contributed by atoms with Crippen LogP contribution < -0.4 is 29.0 Å². The first kappa shape index (κ1) is 25.0. The van der Waals surface area contributed by atoms with E-state index in [-0.39, 0.29) is 24.0 Å². The molecule has 0 aliphatic rings. The highest BCUT2D eigenvalue weighted by Crippen LogP contribution is 2.39. The maximum absolute atomic E-state index is 12.7. The lowest BCUT2D eigenvalue weighted by atomic mass is 10.1. The highest BCUT2D eigenvalue weighted by Gasteiger charge is 2.18. The number of amides is 1. The Morgan fingerprint density at radius 1 is 0.906 bits per heavy atom. The maximum atomic E-state index is 12.7. The molecule has 176 valence electrons. The van der Waals surface area contributed by atoms with Crippen LogP contribution in [0, 0.1) is 0 Å². The molecule has 0 aliphatic carbocycles. The van der Waals surface area contributed by atoms with Crippen molar-refractivity contribution < 1.29 is 37.3 Å². The molecule has 7 nitrogen and oxygen atoms in total. The molecule has 2 rings (SSSR count). The van der Waals surface area contributed by atoms with Crippen LogP contribution in [-0.2, 0) is 6.42 Å². The summed E-state index contributed by atoms with van der Waals surface area (Å²) in [6.07, 6.45) is 0.406. The van der Waals surface area contributed by atoms with E-state index in [9.17, 15) is 13.6 Å². The molecule has 32 heavy (non-hydrogen) atoms. The van der Waals surface area contributed by atoms with Gasteiger partial charge in [0.25, 0.3) is 5.91 Å². The summed E-state index contributed by atoms with van der Waals surface area (Å²) >= 11 is 0. The largest absolute Gasteiger partial charge is 0.493 e. The highest BCUT2D eigenvalue weighted by atomic mass is 19.3. The molecule has 0 radical (unpaired) electrons. The van der Waals surface area contributed by atoms with Crippen LogP contribution in [0.2, 0.25) is 0 Å². The molecule has 0 atom stereocenters. The molecule has 0 saturated carbocycles. The van der Waals surface area contributed by atoms with Crippen molar-refractivity contribution >= 4 is 5.91 Å². The third kappa shape index (κ3) is 6.90. The van der Waals surface area contributed by atoms with E-state index in [2.05, 4.69) is 10.1 Å². The summed E-state index contributed by atoms with van der Waals surface area (Å²) in [4.78, 5) is 12.7. The topological polar surface area (TPSA) is 75.3 Å². The normalized spacial score (nSPS) is 10.6. The maximum Gasteiger partial charge on any atom is 0.387 e. The number of nitrogens with one attached hydrogen (secondary N) is 1. The highest BCUT2D eigenvalue weighted by molar-refractivity contribution is 5.95. The van der Waals surface area contributed by atoms with Crippen LogP contribution in [0.5, 0.6) is 28.7 Å². The zero-order valence-corrected chi connectivity index (χ0v) is 18.7. The van der Waals surface area contributed by atoms with E-state index in [1.807, 2.05) is 20.8 Å². The molecular formula is C23H29F2NO6. The van der Waals surface area contributed by atoms with Crippen LogP contribution in [0.4, 0.5) is 8.78 Å². The molecule has 2 aromatic rings. The smallest absolute Gasteiger partial charge is 0.387 e. The van der Waals surface area contributed by atoms with Crippen molar-refractivity contribution in [3.63, 3.8) is 0 Å². The lowest BCUT2D eigenvalue weighted by Gasteiger charge is -2.17. The zero-order chi connectivity index (χ0) is 23.5. The quantitative estimate of drug-likeness (QED) is 0.483. The van der Waals surface area contributed by atoms with Gasteiger partial charge in [-0.15, -0.1) is 0 Å². The summed E-state index contributed by atoms with van der Waals surface area (Å²) in [7, 11) is 1.37. The van der Waals surface area contributed by atoms with Gasteiger partial charge in [-0.05, 0) is 57.0 Å². The first-order chi connectivity index (χ1) is 15.4. The van der Waals surface area contributed by atoms with Crippen LogP contribution in [-0.4, -0.2) is 46.0 Å². The molecule has 0 fully saturated rings. The van der Waals surface area contributed by atoms with Gasteiger partial charge in [-0.2, -0.15) is 8.78 Å². The summed E-state index contributed by atoms with van der Waals surface area (Å²) < 4.78 is 51.6. The average molecular weight is 453 g/mol. The second-order valence-corrected chi connectivity index (χ2v) is 6.47. The van der Waals surface area contributed by atoms with Crippen molar-refractivity contribution in [2.24, 2.45) is 0 Å². The lowest BCUT2D eigenvalue weighted by Crippen LogP contribution is -2.26. The fraction of sp³-hybridized carbons (Fsp3) is 0.435. The van der Waals surface area contributed by atoms with Gasteiger partial charge >= 0.3 is 6.61 Å². The van der Waals surface area contributed by atoms with E-state index in [0.717, 1.165) is 0 Å². The lowest BCUT2D eigenvalue weighted by molar-refractivity contribution is -0.0512. The number of rotatable bonds is 13. The number of carbonyl (C=O) groups is 1. The van der Waals surface area contributed by atoms with Crippen molar-refractivity contribution in [1.82, 2.24) is 5.32 Å². The molecule has 0 aromatic heterocycles. The molecule has 1 amide bonds. The monoisotopic (exact) mass is 453 g/mol. The Labute approximate surface area is 186 Å². The first-order valence-corrected chi connectivity index (χ1v) is 10.4. The molecule has 9 heteroatoms. The van der Waals surface area contributed by atoms with Gasteiger partial charge in [0.2, 0.25) is 5.75 Å². The summed E-state index contributed by atoms with van der Waals surface area (Å²) in [5.41, 5.74) is 1.07. The Bertz CT molecular complexity index is 864. The minimum absolute atomic E-state index is 0.0550. The van der Waals surface area contributed by atoms with Crippen LogP contribution >= 0.6 is 0 Å². The Morgan fingerprint density at radius 3 is 2.06 bits per heavy atom. The Morgan fingerprint density at radius 2 is 1.53 bits per heavy atom. The number of halogens is 2. The Balaban J connectivity index is 2.12. The molecule has 0 unspecified atom stereocenters. The number of hydrogen-bond donors (Lipinski definition) is 1. The second-order valence-electron chi connectivity index (χ2n) is 6.47. The second kappa shape index (κ2) is 12.6. The van der Waals surface area contributed by atoms with Gasteiger partial charge in [-0.25, -0.2) is 0 Å². The molecule has 1 N–H and O–H groups in total. The third-order valence-corrected chi connectivity index (χ3v) is 4.31. The molecule has 0 bridgehead atoms. The molecule has 0 aliphatic heterocycles. The van der Waals surface area contributed by atoms with Gasteiger partial charge in [0, 0.05) is 12.1 Å². The fourth-order valence-corrected chi connectivity index (χ4v) is 3.01. The van der Waals surface area contributed by atoms with Gasteiger partial charge in [0.1, 0.15) is 0 Å². The van der Waals surface area contributed by atoms with Gasteiger partial charge in [0.05, 0.1) is 26.9 Å². The minimum Gasteiger partial charge on any atom is -0.493 e. The van der Waals surface area contributed by atoms with Gasteiger partial charge in [-0.1, -0.05) is 6.07 Å². The molecule has 0 heterocycles. The molecule has 0 spiro atoms. The van der Waals surface area contributed by atoms with Crippen LogP contribution in [0.15, 0.2) is 30.3 Å². The van der Waals surface area contributed by atoms with Crippen LogP contribution in [0.25, 0.3) is 0 Å². The van der Waals surface area contributed by atoms with Crippen molar-refractivity contribution in [1.29, 1.82) is 0 Å². The average Bonchev–Trinajstić information content (AvgIpc) is 2.76. The summed E-state index contributed by atoms with van der Waals surface area (Å²) in [6.45, 7) is 4.06. The number of carbonyl (C=O) groups excluding carboxylic acids is 1. The van der Waals surface area contributed by atoms with E-state index >= 15 is 0 Å². The summed E-state index contributed by atoms with van der Waals surface area (Å²) in [5.74, 6) is 1.13. The van der Waals surface area contributed by atoms with Crippen LogP contribution in [0.3, 0.4) is 0 Å². The number of benzene rings is 2. The SMILES string of the molecule is CCOc1cc(C(=O)NCCc2ccc(OC)c(OC(F)F)c2)cc(OCC)c1OCC. The predicted octanol–water partition coefficient (Wildman–Crippen LogP) is 4.47.